The molecule has 6 nitrogen and oxygen atoms in total. The molecule has 1 saturated heterocycles. The van der Waals surface area contributed by atoms with Crippen molar-refractivity contribution in [2.75, 3.05) is 13.7 Å². The topological polar surface area (TPSA) is 71.1 Å². The van der Waals surface area contributed by atoms with Crippen LogP contribution in [0.1, 0.15) is 19.8 Å². The molecule has 0 N–H and O–H groups in total. The zero-order valence-electron chi connectivity index (χ0n) is 15.6. The van der Waals surface area contributed by atoms with Gasteiger partial charge in [-0.3, -0.25) is 0 Å². The van der Waals surface area contributed by atoms with Crippen LogP contribution in [0.3, 0.4) is 0 Å². The van der Waals surface area contributed by atoms with Gasteiger partial charge in [0, 0.05) is 19.1 Å². The summed E-state index contributed by atoms with van der Waals surface area (Å²) in [5.41, 5.74) is 3.00. The molecule has 0 spiro atoms. The summed E-state index contributed by atoms with van der Waals surface area (Å²) in [6.45, 7) is 10.3. The Morgan fingerprint density at radius 2 is 2.04 bits per heavy atom. The van der Waals surface area contributed by atoms with Crippen LogP contribution >= 0.6 is 0 Å². The van der Waals surface area contributed by atoms with Crippen LogP contribution < -0.4 is 0 Å². The van der Waals surface area contributed by atoms with Crippen LogP contribution in [-0.4, -0.2) is 44.2 Å². The van der Waals surface area contributed by atoms with Crippen LogP contribution in [0.5, 0.6) is 0 Å². The van der Waals surface area contributed by atoms with E-state index in [1.807, 2.05) is 6.08 Å². The molecule has 0 bridgehead atoms. The molecule has 0 unspecified atom stereocenters. The number of methoxy groups -OCH3 is 1. The second kappa shape index (κ2) is 6.77. The molecule has 4 rings (SSSR count). The molecule has 2 fully saturated rings. The summed E-state index contributed by atoms with van der Waals surface area (Å²) in [6, 6.07) is 0. The third-order valence-corrected chi connectivity index (χ3v) is 5.95. The minimum absolute atomic E-state index is 0.138. The molecular formula is C21H24O6. The molecule has 2 aliphatic heterocycles. The van der Waals surface area contributed by atoms with Gasteiger partial charge >= 0.3 is 11.9 Å². The SMILES string of the molecule is C=C1C(=O)O[C@@H]2/C=C(/C)[C@H]3C[C@H]3C(=C)C[C@@H](OC(=O)C3=C[C@H](OC)OC3)[C@@H]12. The summed E-state index contributed by atoms with van der Waals surface area (Å²) in [6.07, 6.45) is 3.57. The minimum Gasteiger partial charge on any atom is -0.458 e. The highest BCUT2D eigenvalue weighted by atomic mass is 16.7. The maximum Gasteiger partial charge on any atom is 0.336 e. The average Bonchev–Trinajstić information content (AvgIpc) is 3.20. The van der Waals surface area contributed by atoms with Gasteiger partial charge in [-0.25, -0.2) is 9.59 Å². The van der Waals surface area contributed by atoms with Crippen LogP contribution in [0.2, 0.25) is 0 Å². The summed E-state index contributed by atoms with van der Waals surface area (Å²) in [4.78, 5) is 24.8. The standard InChI is InChI=1S/C21H24O6/c1-10-5-16-19(12(3)20(22)26-16)17(6-11(2)15-8-14(10)15)27-21(23)13-7-18(24-4)25-9-13/h5,7,14-19H,2-3,6,8-9H2,1,4H3/b10-5-/t14-,15+,16-,17-,18-,19+/m1/s1. The van der Waals surface area contributed by atoms with Crippen molar-refractivity contribution in [2.45, 2.75) is 38.3 Å². The monoisotopic (exact) mass is 372 g/mol. The molecule has 1 saturated carbocycles. The molecule has 4 aliphatic rings. The van der Waals surface area contributed by atoms with E-state index < -0.39 is 36.4 Å². The lowest BCUT2D eigenvalue weighted by atomic mass is 9.87. The van der Waals surface area contributed by atoms with Gasteiger partial charge in [-0.2, -0.15) is 0 Å². The first-order valence-corrected chi connectivity index (χ1v) is 9.21. The molecule has 2 heterocycles. The first kappa shape index (κ1) is 18.2. The van der Waals surface area contributed by atoms with E-state index in [0.29, 0.717) is 29.4 Å². The molecule has 0 aromatic carbocycles. The summed E-state index contributed by atoms with van der Waals surface area (Å²) < 4.78 is 21.8. The zero-order chi connectivity index (χ0) is 19.3. The van der Waals surface area contributed by atoms with Crippen molar-refractivity contribution < 1.29 is 28.5 Å². The Bertz CT molecular complexity index is 776. The number of allylic oxidation sites excluding steroid dienone is 1. The van der Waals surface area contributed by atoms with Crippen LogP contribution in [0.25, 0.3) is 0 Å². The average molecular weight is 372 g/mol. The lowest BCUT2D eigenvalue weighted by Crippen LogP contribution is -2.33. The largest absolute Gasteiger partial charge is 0.458 e. The molecule has 27 heavy (non-hydrogen) atoms. The van der Waals surface area contributed by atoms with E-state index in [9.17, 15) is 9.59 Å². The Morgan fingerprint density at radius 3 is 2.74 bits per heavy atom. The van der Waals surface area contributed by atoms with Gasteiger partial charge in [-0.15, -0.1) is 0 Å². The van der Waals surface area contributed by atoms with E-state index >= 15 is 0 Å². The van der Waals surface area contributed by atoms with Gasteiger partial charge in [-0.1, -0.05) is 24.3 Å². The maximum atomic E-state index is 12.7. The van der Waals surface area contributed by atoms with Crippen molar-refractivity contribution in [1.29, 1.82) is 0 Å². The molecule has 6 atom stereocenters. The van der Waals surface area contributed by atoms with Gasteiger partial charge in [0.1, 0.15) is 12.2 Å². The third-order valence-electron chi connectivity index (χ3n) is 5.95. The van der Waals surface area contributed by atoms with E-state index in [1.54, 1.807) is 6.08 Å². The minimum atomic E-state index is -0.556. The Balaban J connectivity index is 1.61. The quantitative estimate of drug-likeness (QED) is 0.431. The van der Waals surface area contributed by atoms with Crippen molar-refractivity contribution in [1.82, 2.24) is 0 Å². The highest BCUT2D eigenvalue weighted by Gasteiger charge is 2.49. The summed E-state index contributed by atoms with van der Waals surface area (Å²) in [5, 5.41) is 0. The lowest BCUT2D eigenvalue weighted by molar-refractivity contribution is -0.147. The molecule has 6 heteroatoms. The smallest absolute Gasteiger partial charge is 0.336 e. The fourth-order valence-electron chi connectivity index (χ4n) is 4.27. The zero-order valence-corrected chi connectivity index (χ0v) is 15.6. The molecule has 0 aromatic rings. The molecule has 2 aliphatic carbocycles. The number of fused-ring (bicyclic) bond motifs is 2. The molecule has 0 radical (unpaired) electrons. The second-order valence-electron chi connectivity index (χ2n) is 7.69. The number of carbonyl (C=O) groups excluding carboxylic acids is 2. The van der Waals surface area contributed by atoms with Crippen molar-refractivity contribution in [2.24, 2.45) is 17.8 Å². The number of ether oxygens (including phenoxy) is 4. The summed E-state index contributed by atoms with van der Waals surface area (Å²) in [7, 11) is 1.51. The van der Waals surface area contributed by atoms with E-state index in [2.05, 4.69) is 20.1 Å². The Kier molecular flexibility index (Phi) is 4.56. The van der Waals surface area contributed by atoms with Crippen LogP contribution in [0, 0.1) is 17.8 Å². The fourth-order valence-corrected chi connectivity index (χ4v) is 4.27. The van der Waals surface area contributed by atoms with Gasteiger partial charge in [-0.05, 0) is 37.3 Å². The first-order valence-electron chi connectivity index (χ1n) is 9.21. The second-order valence-corrected chi connectivity index (χ2v) is 7.69. The number of esters is 2. The van der Waals surface area contributed by atoms with Gasteiger partial charge in [0.05, 0.1) is 18.1 Å². The summed E-state index contributed by atoms with van der Waals surface area (Å²) >= 11 is 0. The van der Waals surface area contributed by atoms with E-state index in [4.69, 9.17) is 18.9 Å². The van der Waals surface area contributed by atoms with Crippen molar-refractivity contribution in [3.8, 4) is 0 Å². The van der Waals surface area contributed by atoms with Crippen LogP contribution in [0.15, 0.2) is 47.6 Å². The Morgan fingerprint density at radius 1 is 1.26 bits per heavy atom. The highest BCUT2D eigenvalue weighted by molar-refractivity contribution is 5.92. The molecule has 0 amide bonds. The van der Waals surface area contributed by atoms with Gasteiger partial charge in [0.25, 0.3) is 0 Å². The molecular weight excluding hydrogens is 348 g/mol. The molecule has 144 valence electrons. The fraction of sp³-hybridized carbons (Fsp3) is 0.524. The predicted molar refractivity (Wildman–Crippen MR) is 96.3 cm³/mol. The lowest BCUT2D eigenvalue weighted by Gasteiger charge is -2.26. The van der Waals surface area contributed by atoms with E-state index in [0.717, 1.165) is 12.0 Å². The van der Waals surface area contributed by atoms with Crippen molar-refractivity contribution >= 4 is 11.9 Å². The van der Waals surface area contributed by atoms with E-state index in [-0.39, 0.29) is 6.61 Å². The van der Waals surface area contributed by atoms with Crippen molar-refractivity contribution in [3.05, 3.63) is 47.6 Å². The Labute approximate surface area is 158 Å². The number of hydrogen-bond acceptors (Lipinski definition) is 6. The van der Waals surface area contributed by atoms with E-state index in [1.165, 1.54) is 12.7 Å². The maximum absolute atomic E-state index is 12.7. The van der Waals surface area contributed by atoms with Crippen molar-refractivity contribution in [3.63, 3.8) is 0 Å². The normalized spacial score (nSPS) is 39.9. The van der Waals surface area contributed by atoms with Crippen LogP contribution in [-0.2, 0) is 28.5 Å². The number of carbonyl (C=O) groups is 2. The summed E-state index contributed by atoms with van der Waals surface area (Å²) in [5.74, 6) is -0.473. The van der Waals surface area contributed by atoms with Crippen LogP contribution in [0.4, 0.5) is 0 Å². The number of hydrogen-bond donors (Lipinski definition) is 0. The number of rotatable bonds is 3. The third kappa shape index (κ3) is 3.28. The van der Waals surface area contributed by atoms with Gasteiger partial charge < -0.3 is 18.9 Å². The highest BCUT2D eigenvalue weighted by Crippen LogP contribution is 2.52. The molecule has 0 aromatic heterocycles. The first-order chi connectivity index (χ1) is 12.9. The Hall–Kier alpha value is -2.18. The van der Waals surface area contributed by atoms with Gasteiger partial charge in [0.2, 0.25) is 0 Å². The van der Waals surface area contributed by atoms with Gasteiger partial charge in [0.15, 0.2) is 6.29 Å². The predicted octanol–water partition coefficient (Wildman–Crippen LogP) is 2.47.